The number of nitrogens with zero attached hydrogens (tertiary/aromatic N) is 2. The van der Waals surface area contributed by atoms with Gasteiger partial charge < -0.3 is 13.7 Å². The summed E-state index contributed by atoms with van der Waals surface area (Å²) in [6, 6.07) is 55.2. The number of oxazole rings is 1. The highest BCUT2D eigenvalue weighted by atomic mass is 16.3. The molecular formula is C43H26N2O2. The van der Waals surface area contributed by atoms with Gasteiger partial charge in [0.15, 0.2) is 5.58 Å². The average molecular weight is 603 g/mol. The number of rotatable bonds is 4. The molecule has 47 heavy (non-hydrogen) atoms. The van der Waals surface area contributed by atoms with Gasteiger partial charge in [0.1, 0.15) is 16.7 Å². The third kappa shape index (κ3) is 4.05. The minimum Gasteiger partial charge on any atom is -0.456 e. The van der Waals surface area contributed by atoms with E-state index in [0.29, 0.717) is 5.89 Å². The molecule has 0 unspecified atom stereocenters. The Morgan fingerprint density at radius 2 is 1.11 bits per heavy atom. The van der Waals surface area contributed by atoms with Gasteiger partial charge in [-0.15, -0.1) is 0 Å². The maximum atomic E-state index is 6.38. The highest BCUT2D eigenvalue weighted by Gasteiger charge is 2.20. The summed E-state index contributed by atoms with van der Waals surface area (Å²) in [5.41, 5.74) is 7.31. The molecule has 0 fully saturated rings. The molecule has 0 bridgehead atoms. The smallest absolute Gasteiger partial charge is 0.228 e. The van der Waals surface area contributed by atoms with Crippen molar-refractivity contribution in [3.05, 3.63) is 158 Å². The second kappa shape index (κ2) is 10.1. The Labute approximate surface area is 269 Å². The third-order valence-corrected chi connectivity index (χ3v) is 9.26. The Morgan fingerprint density at radius 1 is 0.404 bits per heavy atom. The minimum atomic E-state index is 0.583. The Morgan fingerprint density at radius 3 is 2.00 bits per heavy atom. The molecule has 2 heterocycles. The zero-order valence-corrected chi connectivity index (χ0v) is 25.2. The predicted octanol–water partition coefficient (Wildman–Crippen LogP) is 12.3. The average Bonchev–Trinajstić information content (AvgIpc) is 3.73. The number of benzene rings is 8. The highest BCUT2D eigenvalue weighted by molar-refractivity contribution is 6.18. The van der Waals surface area contributed by atoms with E-state index in [9.17, 15) is 0 Å². The maximum Gasteiger partial charge on any atom is 0.228 e. The third-order valence-electron chi connectivity index (χ3n) is 9.26. The lowest BCUT2D eigenvalue weighted by Gasteiger charge is -2.26. The molecule has 0 aliphatic carbocycles. The summed E-state index contributed by atoms with van der Waals surface area (Å²) in [6.07, 6.45) is 0. The second-order valence-electron chi connectivity index (χ2n) is 12.0. The molecule has 8 aromatic carbocycles. The zero-order chi connectivity index (χ0) is 30.9. The molecule has 220 valence electrons. The molecule has 10 rings (SSSR count). The molecule has 0 aliphatic rings. The van der Waals surface area contributed by atoms with Crippen molar-refractivity contribution in [1.29, 1.82) is 0 Å². The van der Waals surface area contributed by atoms with Crippen LogP contribution >= 0.6 is 0 Å². The van der Waals surface area contributed by atoms with Crippen molar-refractivity contribution < 1.29 is 8.83 Å². The Bertz CT molecular complexity index is 2780. The van der Waals surface area contributed by atoms with Gasteiger partial charge in [-0.1, -0.05) is 91.0 Å². The standard InChI is InChI=1S/C43H26N2O2/c1-2-10-29(11-3-1)45(30-19-23-33-28(25-30)18-22-34-32-12-5-4-9-27(32)17-21-35(33)34)31-20-24-39-37(26-31)42-36(13-8-16-41(42)46-39)43-44-38-14-6-7-15-40(38)47-43/h1-26H. The molecule has 0 N–H and O–H groups in total. The fraction of sp³-hybridized carbons (Fsp3) is 0. The number of para-hydroxylation sites is 3. The molecule has 0 amide bonds. The largest absolute Gasteiger partial charge is 0.456 e. The number of hydrogen-bond acceptors (Lipinski definition) is 4. The van der Waals surface area contributed by atoms with Gasteiger partial charge in [-0.25, -0.2) is 4.98 Å². The van der Waals surface area contributed by atoms with E-state index in [0.717, 1.165) is 55.7 Å². The first-order valence-corrected chi connectivity index (χ1v) is 15.8. The van der Waals surface area contributed by atoms with Crippen molar-refractivity contribution in [3.63, 3.8) is 0 Å². The van der Waals surface area contributed by atoms with Gasteiger partial charge in [-0.2, -0.15) is 0 Å². The van der Waals surface area contributed by atoms with Gasteiger partial charge >= 0.3 is 0 Å². The summed E-state index contributed by atoms with van der Waals surface area (Å²) in [5, 5.41) is 9.50. The van der Waals surface area contributed by atoms with Crippen molar-refractivity contribution in [3.8, 4) is 11.5 Å². The molecule has 0 saturated carbocycles. The first-order valence-electron chi connectivity index (χ1n) is 15.8. The first kappa shape index (κ1) is 25.9. The van der Waals surface area contributed by atoms with E-state index in [1.807, 2.05) is 36.4 Å². The van der Waals surface area contributed by atoms with E-state index in [4.69, 9.17) is 13.8 Å². The van der Waals surface area contributed by atoms with Crippen molar-refractivity contribution in [1.82, 2.24) is 4.98 Å². The molecule has 0 saturated heterocycles. The zero-order valence-electron chi connectivity index (χ0n) is 25.2. The van der Waals surface area contributed by atoms with E-state index in [2.05, 4.69) is 126 Å². The van der Waals surface area contributed by atoms with Gasteiger partial charge in [-0.05, 0) is 99.0 Å². The summed E-state index contributed by atoms with van der Waals surface area (Å²) < 4.78 is 12.6. The van der Waals surface area contributed by atoms with Gasteiger partial charge in [0.05, 0.1) is 0 Å². The molecule has 0 atom stereocenters. The fourth-order valence-electron chi connectivity index (χ4n) is 7.10. The molecule has 4 nitrogen and oxygen atoms in total. The van der Waals surface area contributed by atoms with Crippen molar-refractivity contribution in [2.75, 3.05) is 4.90 Å². The number of furan rings is 1. The van der Waals surface area contributed by atoms with Crippen LogP contribution in [0.5, 0.6) is 0 Å². The molecule has 0 spiro atoms. The van der Waals surface area contributed by atoms with E-state index < -0.39 is 0 Å². The number of aromatic nitrogens is 1. The SMILES string of the molecule is c1ccc(N(c2ccc3c(ccc4c5ccccc5ccc34)c2)c2ccc3oc4cccc(-c5nc6ccccc6o5)c4c3c2)cc1. The van der Waals surface area contributed by atoms with Gasteiger partial charge in [0.25, 0.3) is 0 Å². The van der Waals surface area contributed by atoms with Crippen LogP contribution in [0.2, 0.25) is 0 Å². The van der Waals surface area contributed by atoms with Crippen LogP contribution in [0.4, 0.5) is 17.1 Å². The predicted molar refractivity (Wildman–Crippen MR) is 194 cm³/mol. The van der Waals surface area contributed by atoms with Crippen molar-refractivity contribution >= 4 is 82.4 Å². The lowest BCUT2D eigenvalue weighted by molar-refractivity contribution is 0.620. The summed E-state index contributed by atoms with van der Waals surface area (Å²) >= 11 is 0. The lowest BCUT2D eigenvalue weighted by atomic mass is 9.96. The molecule has 0 aliphatic heterocycles. The van der Waals surface area contributed by atoms with Crippen LogP contribution in [0.3, 0.4) is 0 Å². The monoisotopic (exact) mass is 602 g/mol. The molecular weight excluding hydrogens is 576 g/mol. The lowest BCUT2D eigenvalue weighted by Crippen LogP contribution is -2.09. The normalized spacial score (nSPS) is 11.8. The quantitative estimate of drug-likeness (QED) is 0.188. The van der Waals surface area contributed by atoms with Crippen molar-refractivity contribution in [2.24, 2.45) is 0 Å². The second-order valence-corrected chi connectivity index (χ2v) is 12.0. The van der Waals surface area contributed by atoms with Gasteiger partial charge in [-0.3, -0.25) is 0 Å². The van der Waals surface area contributed by atoms with E-state index in [1.165, 1.54) is 32.3 Å². The van der Waals surface area contributed by atoms with Gasteiger partial charge in [0, 0.05) is 33.4 Å². The number of fused-ring (bicyclic) bond motifs is 9. The highest BCUT2D eigenvalue weighted by Crippen LogP contribution is 2.43. The summed E-state index contributed by atoms with van der Waals surface area (Å²) in [6.45, 7) is 0. The summed E-state index contributed by atoms with van der Waals surface area (Å²) in [5.74, 6) is 0.583. The van der Waals surface area contributed by atoms with Gasteiger partial charge in [0.2, 0.25) is 5.89 Å². The van der Waals surface area contributed by atoms with E-state index in [-0.39, 0.29) is 0 Å². The van der Waals surface area contributed by atoms with E-state index in [1.54, 1.807) is 0 Å². The van der Waals surface area contributed by atoms with Crippen LogP contribution < -0.4 is 4.90 Å². The molecule has 2 aromatic heterocycles. The Hall–Kier alpha value is -6.39. The van der Waals surface area contributed by atoms with Crippen LogP contribution in [-0.4, -0.2) is 4.98 Å². The van der Waals surface area contributed by atoms with Crippen LogP contribution in [0.25, 0.3) is 76.8 Å². The summed E-state index contributed by atoms with van der Waals surface area (Å²) in [4.78, 5) is 7.13. The fourth-order valence-corrected chi connectivity index (χ4v) is 7.10. The van der Waals surface area contributed by atoms with Crippen LogP contribution in [0.1, 0.15) is 0 Å². The van der Waals surface area contributed by atoms with Crippen LogP contribution in [0.15, 0.2) is 167 Å². The van der Waals surface area contributed by atoms with Crippen molar-refractivity contribution in [2.45, 2.75) is 0 Å². The topological polar surface area (TPSA) is 42.4 Å². The Balaban J connectivity index is 1.17. The van der Waals surface area contributed by atoms with Crippen LogP contribution in [0, 0.1) is 0 Å². The number of hydrogen-bond donors (Lipinski definition) is 0. The minimum absolute atomic E-state index is 0.583. The van der Waals surface area contributed by atoms with E-state index >= 15 is 0 Å². The molecule has 0 radical (unpaired) electrons. The molecule has 4 heteroatoms. The maximum absolute atomic E-state index is 6.38. The van der Waals surface area contributed by atoms with Crippen LogP contribution in [-0.2, 0) is 0 Å². The Kier molecular flexibility index (Phi) is 5.54. The number of anilines is 3. The summed E-state index contributed by atoms with van der Waals surface area (Å²) in [7, 11) is 0. The molecule has 10 aromatic rings. The first-order chi connectivity index (χ1) is 23.3.